The Kier molecular flexibility index (Phi) is 3.29. The monoisotopic (exact) mass is 257 g/mol. The van der Waals surface area contributed by atoms with Gasteiger partial charge in [0.25, 0.3) is 11.5 Å². The van der Waals surface area contributed by atoms with Crippen LogP contribution in [0.15, 0.2) is 30.6 Å². The number of nitro groups is 1. The molecule has 19 heavy (non-hydrogen) atoms. The number of non-ortho nitro benzene ring substituents is 1. The maximum absolute atomic E-state index is 11.9. The van der Waals surface area contributed by atoms with Crippen LogP contribution in [0.4, 0.5) is 5.69 Å². The molecule has 1 aromatic heterocycles. The molecular weight excluding hydrogens is 250 g/mol. The number of Topliss-reactive ketones (excluding diaryl/α,β-unsaturated/α-hetero) is 1. The molecule has 0 bridgehead atoms. The third-order valence-corrected chi connectivity index (χ3v) is 2.32. The van der Waals surface area contributed by atoms with E-state index in [0.717, 1.165) is 0 Å². The van der Waals surface area contributed by atoms with Crippen LogP contribution in [0.25, 0.3) is 0 Å². The van der Waals surface area contributed by atoms with Gasteiger partial charge in [0.1, 0.15) is 18.9 Å². The van der Waals surface area contributed by atoms with Gasteiger partial charge in [0.2, 0.25) is 0 Å². The maximum Gasteiger partial charge on any atom is 0.270 e. The first kappa shape index (κ1) is 12.4. The first-order chi connectivity index (χ1) is 9.10. The molecule has 0 N–H and O–H groups in total. The van der Waals surface area contributed by atoms with E-state index < -0.39 is 4.92 Å². The van der Waals surface area contributed by atoms with Crippen LogP contribution in [-0.2, 0) is 6.54 Å². The van der Waals surface area contributed by atoms with E-state index >= 15 is 0 Å². The van der Waals surface area contributed by atoms with Crippen LogP contribution in [0, 0.1) is 21.4 Å². The Hall–Kier alpha value is -3.08. The van der Waals surface area contributed by atoms with Crippen LogP contribution in [0.5, 0.6) is 0 Å². The van der Waals surface area contributed by atoms with E-state index in [1.807, 2.05) is 0 Å². The van der Waals surface area contributed by atoms with Gasteiger partial charge in [0.05, 0.1) is 4.92 Å². The van der Waals surface area contributed by atoms with Crippen LogP contribution in [0.3, 0.4) is 0 Å². The second kappa shape index (κ2) is 5.05. The summed E-state index contributed by atoms with van der Waals surface area (Å²) < 4.78 is 1.21. The molecule has 0 saturated carbocycles. The van der Waals surface area contributed by atoms with Crippen molar-refractivity contribution >= 4 is 11.5 Å². The molecule has 0 spiro atoms. The lowest BCUT2D eigenvalue weighted by atomic mass is 10.1. The van der Waals surface area contributed by atoms with Crippen molar-refractivity contribution in [3.8, 4) is 6.07 Å². The van der Waals surface area contributed by atoms with Gasteiger partial charge in [-0.25, -0.2) is 9.67 Å². The van der Waals surface area contributed by atoms with Crippen molar-refractivity contribution in [2.45, 2.75) is 6.54 Å². The molecule has 1 aromatic carbocycles. The Morgan fingerprint density at radius 2 is 2.32 bits per heavy atom. The maximum atomic E-state index is 11.9. The largest absolute Gasteiger partial charge is 0.292 e. The number of nitro benzene ring substituents is 1. The summed E-state index contributed by atoms with van der Waals surface area (Å²) in [4.78, 5) is 25.6. The molecule has 0 amide bonds. The number of rotatable bonds is 4. The Bertz CT molecular complexity index is 686. The first-order valence-corrected chi connectivity index (χ1v) is 5.17. The predicted molar refractivity (Wildman–Crippen MR) is 62.2 cm³/mol. The van der Waals surface area contributed by atoms with E-state index in [2.05, 4.69) is 10.1 Å². The standard InChI is InChI=1S/C11H7N5O3/c12-5-11-13-7-15(14-11)6-10(17)8-2-1-3-9(4-8)16(18)19/h1-4,7H,6H2. The van der Waals surface area contributed by atoms with E-state index in [9.17, 15) is 14.9 Å². The fraction of sp³-hybridized carbons (Fsp3) is 0.0909. The number of hydrogen-bond donors (Lipinski definition) is 0. The number of hydrogen-bond acceptors (Lipinski definition) is 6. The van der Waals surface area contributed by atoms with E-state index in [-0.39, 0.29) is 29.4 Å². The molecule has 0 aliphatic heterocycles. The zero-order valence-electron chi connectivity index (χ0n) is 9.55. The number of carbonyl (C=O) groups is 1. The van der Waals surface area contributed by atoms with E-state index in [1.54, 1.807) is 6.07 Å². The highest BCUT2D eigenvalue weighted by molar-refractivity contribution is 5.96. The summed E-state index contributed by atoms with van der Waals surface area (Å²) in [5, 5.41) is 22.9. The molecule has 2 aromatic rings. The molecule has 0 aliphatic carbocycles. The fourth-order valence-electron chi connectivity index (χ4n) is 1.45. The van der Waals surface area contributed by atoms with E-state index in [0.29, 0.717) is 0 Å². The van der Waals surface area contributed by atoms with Crippen molar-refractivity contribution < 1.29 is 9.72 Å². The predicted octanol–water partition coefficient (Wildman–Crippen LogP) is 0.941. The molecule has 8 heteroatoms. The van der Waals surface area contributed by atoms with Gasteiger partial charge in [-0.3, -0.25) is 14.9 Å². The summed E-state index contributed by atoms with van der Waals surface area (Å²) in [7, 11) is 0. The molecule has 0 fully saturated rings. The Balaban J connectivity index is 2.18. The topological polar surface area (TPSA) is 115 Å². The van der Waals surface area contributed by atoms with Crippen LogP contribution in [0.2, 0.25) is 0 Å². The highest BCUT2D eigenvalue weighted by Gasteiger charge is 2.12. The van der Waals surface area contributed by atoms with Gasteiger partial charge < -0.3 is 0 Å². The van der Waals surface area contributed by atoms with Crippen LogP contribution >= 0.6 is 0 Å². The number of benzene rings is 1. The first-order valence-electron chi connectivity index (χ1n) is 5.17. The lowest BCUT2D eigenvalue weighted by molar-refractivity contribution is -0.384. The number of carbonyl (C=O) groups excluding carboxylic acids is 1. The lowest BCUT2D eigenvalue weighted by Crippen LogP contribution is -2.11. The quantitative estimate of drug-likeness (QED) is 0.457. The van der Waals surface area contributed by atoms with Crippen molar-refractivity contribution in [3.05, 3.63) is 52.1 Å². The van der Waals surface area contributed by atoms with Crippen molar-refractivity contribution in [2.24, 2.45) is 0 Å². The molecule has 2 rings (SSSR count). The zero-order valence-corrected chi connectivity index (χ0v) is 9.55. The van der Waals surface area contributed by atoms with Crippen LogP contribution in [0.1, 0.15) is 16.2 Å². The summed E-state index contributed by atoms with van der Waals surface area (Å²) in [6.07, 6.45) is 1.26. The van der Waals surface area contributed by atoms with Crippen molar-refractivity contribution in [3.63, 3.8) is 0 Å². The molecule has 0 unspecified atom stereocenters. The molecule has 94 valence electrons. The minimum atomic E-state index is -0.569. The summed E-state index contributed by atoms with van der Waals surface area (Å²) in [6, 6.07) is 7.17. The average Bonchev–Trinajstić information content (AvgIpc) is 2.86. The molecular formula is C11H7N5O3. The molecule has 0 atom stereocenters. The third kappa shape index (κ3) is 2.78. The average molecular weight is 257 g/mol. The minimum absolute atomic E-state index is 0.0353. The van der Waals surface area contributed by atoms with E-state index in [1.165, 1.54) is 35.3 Å². The third-order valence-electron chi connectivity index (χ3n) is 2.32. The lowest BCUT2D eigenvalue weighted by Gasteiger charge is -2.00. The molecule has 8 nitrogen and oxygen atoms in total. The summed E-state index contributed by atoms with van der Waals surface area (Å²) >= 11 is 0. The van der Waals surface area contributed by atoms with Gasteiger partial charge in [0, 0.05) is 17.7 Å². The molecule has 0 radical (unpaired) electrons. The molecule has 0 aliphatic rings. The Morgan fingerprint density at radius 1 is 1.53 bits per heavy atom. The van der Waals surface area contributed by atoms with Crippen molar-refractivity contribution in [2.75, 3.05) is 0 Å². The number of nitrogens with zero attached hydrogens (tertiary/aromatic N) is 5. The highest BCUT2D eigenvalue weighted by atomic mass is 16.6. The second-order valence-electron chi connectivity index (χ2n) is 3.61. The number of nitriles is 1. The zero-order chi connectivity index (χ0) is 13.8. The minimum Gasteiger partial charge on any atom is -0.292 e. The van der Waals surface area contributed by atoms with Gasteiger partial charge in [-0.2, -0.15) is 5.26 Å². The van der Waals surface area contributed by atoms with Gasteiger partial charge in [0.15, 0.2) is 5.78 Å². The second-order valence-corrected chi connectivity index (χ2v) is 3.61. The fourth-order valence-corrected chi connectivity index (χ4v) is 1.45. The SMILES string of the molecule is N#Cc1ncn(CC(=O)c2cccc([N+](=O)[O-])c2)n1. The normalized spacial score (nSPS) is 9.84. The molecule has 1 heterocycles. The van der Waals surface area contributed by atoms with Gasteiger partial charge in [-0.15, -0.1) is 5.10 Å². The van der Waals surface area contributed by atoms with Gasteiger partial charge in [-0.05, 0) is 0 Å². The van der Waals surface area contributed by atoms with E-state index in [4.69, 9.17) is 5.26 Å². The number of aromatic nitrogens is 3. The highest BCUT2D eigenvalue weighted by Crippen LogP contribution is 2.13. The smallest absolute Gasteiger partial charge is 0.270 e. The summed E-state index contributed by atoms with van der Waals surface area (Å²) in [5.74, 6) is -0.384. The van der Waals surface area contributed by atoms with Crippen molar-refractivity contribution in [1.29, 1.82) is 5.26 Å². The summed E-state index contributed by atoms with van der Waals surface area (Å²) in [5.41, 5.74) is 0.0605. The van der Waals surface area contributed by atoms with Crippen molar-refractivity contribution in [1.82, 2.24) is 14.8 Å². The number of ketones is 1. The Labute approximate surface area is 107 Å². The summed E-state index contributed by atoms with van der Waals surface area (Å²) in [6.45, 7) is -0.129. The molecule has 0 saturated heterocycles. The van der Waals surface area contributed by atoms with Gasteiger partial charge >= 0.3 is 0 Å². The van der Waals surface area contributed by atoms with Gasteiger partial charge in [-0.1, -0.05) is 12.1 Å². The Morgan fingerprint density at radius 3 is 2.95 bits per heavy atom. The van der Waals surface area contributed by atoms with Crippen LogP contribution in [-0.4, -0.2) is 25.5 Å². The van der Waals surface area contributed by atoms with Crippen LogP contribution < -0.4 is 0 Å².